The van der Waals surface area contributed by atoms with E-state index in [1.54, 1.807) is 0 Å². The lowest BCUT2D eigenvalue weighted by atomic mass is 10.1. The number of hydrogen-bond acceptors (Lipinski definition) is 3. The molecule has 1 heterocycles. The van der Waals surface area contributed by atoms with E-state index in [4.69, 9.17) is 4.74 Å². The molecule has 92 valence electrons. The van der Waals surface area contributed by atoms with Gasteiger partial charge in [-0.05, 0) is 19.4 Å². The van der Waals surface area contributed by atoms with Gasteiger partial charge in [0.15, 0.2) is 0 Å². The van der Waals surface area contributed by atoms with Crippen LogP contribution in [0.5, 0.6) is 5.88 Å². The van der Waals surface area contributed by atoms with Gasteiger partial charge in [0, 0.05) is 10.8 Å². The van der Waals surface area contributed by atoms with Crippen molar-refractivity contribution < 1.29 is 4.74 Å². The van der Waals surface area contributed by atoms with Gasteiger partial charge < -0.3 is 4.74 Å². The first kappa shape index (κ1) is 12.4. The minimum atomic E-state index is 0.633. The maximum Gasteiger partial charge on any atom is 0.221 e. The first-order chi connectivity index (χ1) is 8.77. The Bertz CT molecular complexity index is 599. The van der Waals surface area contributed by atoms with Crippen molar-refractivity contribution in [1.82, 2.24) is 4.98 Å². The van der Waals surface area contributed by atoms with Crippen molar-refractivity contribution in [1.29, 1.82) is 5.26 Å². The van der Waals surface area contributed by atoms with Gasteiger partial charge in [0.1, 0.15) is 6.07 Å². The van der Waals surface area contributed by atoms with Crippen molar-refractivity contribution in [2.75, 3.05) is 6.61 Å². The Morgan fingerprint density at radius 3 is 2.67 bits per heavy atom. The third-order valence-corrected chi connectivity index (χ3v) is 2.91. The molecule has 0 aliphatic heterocycles. The van der Waals surface area contributed by atoms with Crippen molar-refractivity contribution in [3.8, 4) is 11.9 Å². The highest BCUT2D eigenvalue weighted by molar-refractivity contribution is 5.92. The van der Waals surface area contributed by atoms with Gasteiger partial charge in [-0.15, -0.1) is 0 Å². The Hall–Kier alpha value is -2.08. The van der Waals surface area contributed by atoms with Crippen LogP contribution >= 0.6 is 0 Å². The zero-order chi connectivity index (χ0) is 13.0. The number of nitriles is 1. The molecule has 0 bridgehead atoms. The molecule has 0 amide bonds. The summed E-state index contributed by atoms with van der Waals surface area (Å²) in [6, 6.07) is 9.97. The van der Waals surface area contributed by atoms with E-state index >= 15 is 0 Å². The van der Waals surface area contributed by atoms with Crippen molar-refractivity contribution in [2.45, 2.75) is 26.7 Å². The van der Waals surface area contributed by atoms with Gasteiger partial charge in [-0.3, -0.25) is 0 Å². The third kappa shape index (κ3) is 2.28. The van der Waals surface area contributed by atoms with Crippen LogP contribution < -0.4 is 4.74 Å². The van der Waals surface area contributed by atoms with Crippen LogP contribution in [0.25, 0.3) is 10.8 Å². The molecule has 18 heavy (non-hydrogen) atoms. The number of ether oxygens (including phenoxy) is 1. The van der Waals surface area contributed by atoms with Crippen LogP contribution in [0.3, 0.4) is 0 Å². The molecular weight excluding hydrogens is 224 g/mol. The molecule has 0 saturated heterocycles. The average molecular weight is 240 g/mol. The Morgan fingerprint density at radius 2 is 2.00 bits per heavy atom. The fraction of sp³-hybridized carbons (Fsp3) is 0.333. The smallest absolute Gasteiger partial charge is 0.221 e. The maximum absolute atomic E-state index is 9.19. The molecule has 2 rings (SSSR count). The Kier molecular flexibility index (Phi) is 3.78. The summed E-state index contributed by atoms with van der Waals surface area (Å²) in [6.07, 6.45) is 2.10. The molecule has 0 atom stereocenters. The zero-order valence-corrected chi connectivity index (χ0v) is 10.7. The summed E-state index contributed by atoms with van der Waals surface area (Å²) in [6.45, 7) is 4.63. The van der Waals surface area contributed by atoms with E-state index in [1.807, 2.05) is 31.2 Å². The lowest BCUT2D eigenvalue weighted by Crippen LogP contribution is -2.01. The Morgan fingerprint density at radius 1 is 1.28 bits per heavy atom. The van der Waals surface area contributed by atoms with Crippen molar-refractivity contribution in [3.63, 3.8) is 0 Å². The molecule has 0 aliphatic carbocycles. The van der Waals surface area contributed by atoms with E-state index in [0.29, 0.717) is 18.1 Å². The standard InChI is InChI=1S/C15H16N2O/c1-3-4-9-18-15-13-8-6-5-7-12(13)14(10-16)11(2)17-15/h5-8H,3-4,9H2,1-2H3. The van der Waals surface area contributed by atoms with Gasteiger partial charge in [0.2, 0.25) is 5.88 Å². The predicted molar refractivity (Wildman–Crippen MR) is 71.6 cm³/mol. The predicted octanol–water partition coefficient (Wildman–Crippen LogP) is 3.59. The number of pyridine rings is 1. The van der Waals surface area contributed by atoms with Crippen LogP contribution in [0.1, 0.15) is 31.0 Å². The SMILES string of the molecule is CCCCOc1nc(C)c(C#N)c2ccccc12. The minimum absolute atomic E-state index is 0.633. The van der Waals surface area contributed by atoms with E-state index in [0.717, 1.165) is 29.3 Å². The van der Waals surface area contributed by atoms with E-state index in [-0.39, 0.29) is 0 Å². The van der Waals surface area contributed by atoms with Gasteiger partial charge in [-0.2, -0.15) is 5.26 Å². The van der Waals surface area contributed by atoms with Crippen LogP contribution in [0.2, 0.25) is 0 Å². The minimum Gasteiger partial charge on any atom is -0.477 e. The molecule has 0 unspecified atom stereocenters. The van der Waals surface area contributed by atoms with Crippen molar-refractivity contribution >= 4 is 10.8 Å². The Labute approximate surface area is 107 Å². The van der Waals surface area contributed by atoms with Gasteiger partial charge >= 0.3 is 0 Å². The fourth-order valence-electron chi connectivity index (χ4n) is 1.92. The summed E-state index contributed by atoms with van der Waals surface area (Å²) < 4.78 is 5.72. The number of nitrogens with zero attached hydrogens (tertiary/aromatic N) is 2. The normalized spacial score (nSPS) is 10.3. The highest BCUT2D eigenvalue weighted by Crippen LogP contribution is 2.28. The molecule has 0 radical (unpaired) electrons. The number of unbranched alkanes of at least 4 members (excludes halogenated alkanes) is 1. The summed E-state index contributed by atoms with van der Waals surface area (Å²) in [4.78, 5) is 4.40. The largest absolute Gasteiger partial charge is 0.477 e. The first-order valence-electron chi connectivity index (χ1n) is 6.20. The van der Waals surface area contributed by atoms with E-state index in [2.05, 4.69) is 18.0 Å². The van der Waals surface area contributed by atoms with Crippen LogP contribution in [-0.2, 0) is 0 Å². The molecule has 0 saturated carbocycles. The molecule has 3 nitrogen and oxygen atoms in total. The molecule has 0 fully saturated rings. The maximum atomic E-state index is 9.19. The van der Waals surface area contributed by atoms with E-state index in [9.17, 15) is 5.26 Å². The number of aryl methyl sites for hydroxylation is 1. The van der Waals surface area contributed by atoms with E-state index < -0.39 is 0 Å². The summed E-state index contributed by atoms with van der Waals surface area (Å²) in [5.74, 6) is 0.635. The molecule has 1 aromatic heterocycles. The Balaban J connectivity index is 2.51. The number of hydrogen-bond donors (Lipinski definition) is 0. The number of aromatic nitrogens is 1. The van der Waals surface area contributed by atoms with Gasteiger partial charge in [-0.25, -0.2) is 4.98 Å². The first-order valence-corrected chi connectivity index (χ1v) is 6.20. The van der Waals surface area contributed by atoms with Crippen LogP contribution in [0, 0.1) is 18.3 Å². The lowest BCUT2D eigenvalue weighted by molar-refractivity contribution is 0.301. The summed E-state index contributed by atoms with van der Waals surface area (Å²) in [7, 11) is 0. The van der Waals surface area contributed by atoms with Crippen molar-refractivity contribution in [3.05, 3.63) is 35.5 Å². The number of fused-ring (bicyclic) bond motifs is 1. The number of benzene rings is 1. The quantitative estimate of drug-likeness (QED) is 0.767. The van der Waals surface area contributed by atoms with Crippen LogP contribution in [-0.4, -0.2) is 11.6 Å². The van der Waals surface area contributed by atoms with Crippen molar-refractivity contribution in [2.24, 2.45) is 0 Å². The van der Waals surface area contributed by atoms with Gasteiger partial charge in [-0.1, -0.05) is 31.5 Å². The molecule has 0 spiro atoms. The van der Waals surface area contributed by atoms with E-state index in [1.165, 1.54) is 0 Å². The molecular formula is C15H16N2O. The summed E-state index contributed by atoms with van der Waals surface area (Å²) in [5.41, 5.74) is 1.36. The van der Waals surface area contributed by atoms with Gasteiger partial charge in [0.05, 0.1) is 17.9 Å². The van der Waals surface area contributed by atoms with Crippen LogP contribution in [0.4, 0.5) is 0 Å². The monoisotopic (exact) mass is 240 g/mol. The lowest BCUT2D eigenvalue weighted by Gasteiger charge is -2.10. The molecule has 3 heteroatoms. The highest BCUT2D eigenvalue weighted by atomic mass is 16.5. The van der Waals surface area contributed by atoms with Crippen LogP contribution in [0.15, 0.2) is 24.3 Å². The molecule has 1 aromatic carbocycles. The molecule has 0 N–H and O–H groups in total. The fourth-order valence-corrected chi connectivity index (χ4v) is 1.92. The summed E-state index contributed by atoms with van der Waals surface area (Å²) in [5, 5.41) is 11.0. The molecule has 0 aliphatic rings. The second-order valence-corrected chi connectivity index (χ2v) is 4.24. The second-order valence-electron chi connectivity index (χ2n) is 4.24. The average Bonchev–Trinajstić information content (AvgIpc) is 2.39. The highest BCUT2D eigenvalue weighted by Gasteiger charge is 2.11. The third-order valence-electron chi connectivity index (χ3n) is 2.91. The summed E-state index contributed by atoms with van der Waals surface area (Å²) >= 11 is 0. The molecule has 2 aromatic rings. The zero-order valence-electron chi connectivity index (χ0n) is 10.7. The second kappa shape index (κ2) is 5.50. The van der Waals surface area contributed by atoms with Gasteiger partial charge in [0.25, 0.3) is 0 Å². The topological polar surface area (TPSA) is 45.9 Å². The number of rotatable bonds is 4.